The van der Waals surface area contributed by atoms with Gasteiger partial charge in [-0.05, 0) is 82.8 Å². The summed E-state index contributed by atoms with van der Waals surface area (Å²) in [6.07, 6.45) is 5.01. The molecule has 1 atom stereocenters. The number of pyridine rings is 2. The molecule has 0 radical (unpaired) electrons. The van der Waals surface area contributed by atoms with E-state index in [4.69, 9.17) is 4.98 Å². The van der Waals surface area contributed by atoms with Gasteiger partial charge < -0.3 is 4.90 Å². The zero-order chi connectivity index (χ0) is 26.9. The summed E-state index contributed by atoms with van der Waals surface area (Å²) in [5, 5.41) is 4.19. The second kappa shape index (κ2) is 10.6. The molecule has 0 aromatic carbocycles. The number of aryl methyl sites for hydroxylation is 1. The fourth-order valence-corrected chi connectivity index (χ4v) is 4.77. The second-order valence-electron chi connectivity index (χ2n) is 9.98. The molecule has 3 heterocycles. The quantitative estimate of drug-likeness (QED) is 0.364. The first-order chi connectivity index (χ1) is 17.5. The van der Waals surface area contributed by atoms with Crippen molar-refractivity contribution in [3.63, 3.8) is 0 Å². The molecule has 0 amide bonds. The van der Waals surface area contributed by atoms with Gasteiger partial charge in [0.2, 0.25) is 0 Å². The summed E-state index contributed by atoms with van der Waals surface area (Å²) in [5.74, 6) is 0.0788. The van der Waals surface area contributed by atoms with Gasteiger partial charge in [-0.3, -0.25) is 9.78 Å². The van der Waals surface area contributed by atoms with Crippen molar-refractivity contribution in [3.05, 3.63) is 76.5 Å². The number of nitrogens with zero attached hydrogens (tertiary/aromatic N) is 5. The fourth-order valence-electron chi connectivity index (χ4n) is 4.77. The monoisotopic (exact) mass is 511 g/mol. The van der Waals surface area contributed by atoms with Crippen LogP contribution in [0.5, 0.6) is 0 Å². The van der Waals surface area contributed by atoms with Crippen LogP contribution in [-0.2, 0) is 12.6 Å². The van der Waals surface area contributed by atoms with Crippen molar-refractivity contribution in [1.82, 2.24) is 24.6 Å². The number of carbonyl (C=O) groups excluding carboxylic acids is 1. The Labute approximate surface area is 215 Å². The number of aromatic nitrogens is 4. The average molecular weight is 512 g/mol. The molecule has 1 aliphatic carbocycles. The van der Waals surface area contributed by atoms with Crippen molar-refractivity contribution < 1.29 is 18.0 Å². The molecule has 0 fully saturated rings. The summed E-state index contributed by atoms with van der Waals surface area (Å²) in [5.41, 5.74) is 4.17. The molecule has 9 heteroatoms. The van der Waals surface area contributed by atoms with Crippen LogP contribution in [0.2, 0.25) is 0 Å². The Morgan fingerprint density at radius 3 is 2.49 bits per heavy atom. The summed E-state index contributed by atoms with van der Waals surface area (Å²) in [4.78, 5) is 24.0. The Morgan fingerprint density at radius 2 is 1.92 bits per heavy atom. The maximum absolute atomic E-state index is 13.1. The van der Waals surface area contributed by atoms with Crippen molar-refractivity contribution in [2.45, 2.75) is 71.6 Å². The first kappa shape index (κ1) is 26.7. The van der Waals surface area contributed by atoms with Crippen LogP contribution in [0.15, 0.2) is 42.9 Å². The third-order valence-corrected chi connectivity index (χ3v) is 7.18. The Balaban J connectivity index is 1.46. The highest BCUT2D eigenvalue weighted by atomic mass is 19.4. The van der Waals surface area contributed by atoms with Crippen LogP contribution in [0.25, 0.3) is 11.4 Å². The van der Waals surface area contributed by atoms with Crippen molar-refractivity contribution in [2.24, 2.45) is 0 Å². The summed E-state index contributed by atoms with van der Waals surface area (Å²) >= 11 is 0. The molecule has 6 nitrogen and oxygen atoms in total. The van der Waals surface area contributed by atoms with E-state index < -0.39 is 11.7 Å². The minimum absolute atomic E-state index is 0.138. The van der Waals surface area contributed by atoms with E-state index in [2.05, 4.69) is 42.0 Å². The van der Waals surface area contributed by atoms with Gasteiger partial charge in [-0.25, -0.2) is 9.67 Å². The smallest absolute Gasteiger partial charge is 0.301 e. The summed E-state index contributed by atoms with van der Waals surface area (Å²) in [7, 11) is 2.18. The molecule has 0 spiro atoms. The van der Waals surface area contributed by atoms with Gasteiger partial charge in [0.15, 0.2) is 11.6 Å². The number of allylic oxidation sites excluding steroid dienone is 1. The normalized spacial score (nSPS) is 16.4. The Hall–Kier alpha value is -3.33. The van der Waals surface area contributed by atoms with Crippen LogP contribution in [0.4, 0.5) is 13.2 Å². The lowest BCUT2D eigenvalue weighted by Crippen LogP contribution is -2.37. The number of hydrogen-bond donors (Lipinski definition) is 0. The molecule has 0 bridgehead atoms. The molecule has 196 valence electrons. The molecule has 1 aliphatic rings. The van der Waals surface area contributed by atoms with E-state index in [9.17, 15) is 18.0 Å². The molecular formula is C28H32F3N5O. The largest absolute Gasteiger partial charge is 0.417 e. The van der Waals surface area contributed by atoms with E-state index in [1.807, 2.05) is 13.0 Å². The molecule has 1 unspecified atom stereocenters. The van der Waals surface area contributed by atoms with Gasteiger partial charge >= 0.3 is 6.18 Å². The number of ketones is 1. The van der Waals surface area contributed by atoms with E-state index in [1.165, 1.54) is 22.5 Å². The van der Waals surface area contributed by atoms with Crippen molar-refractivity contribution in [2.75, 3.05) is 7.05 Å². The molecule has 4 rings (SSSR count). The molecule has 0 N–H and O–H groups in total. The lowest BCUT2D eigenvalue weighted by atomic mass is 9.90. The van der Waals surface area contributed by atoms with Gasteiger partial charge in [-0.2, -0.15) is 18.3 Å². The highest BCUT2D eigenvalue weighted by molar-refractivity contribution is 5.98. The minimum atomic E-state index is -4.46. The zero-order valence-corrected chi connectivity index (χ0v) is 21.8. The summed E-state index contributed by atoms with van der Waals surface area (Å²) < 4.78 is 39.9. The van der Waals surface area contributed by atoms with Crippen LogP contribution < -0.4 is 0 Å². The van der Waals surface area contributed by atoms with E-state index >= 15 is 0 Å². The average Bonchev–Trinajstić information content (AvgIpc) is 3.24. The van der Waals surface area contributed by atoms with E-state index in [1.54, 1.807) is 13.1 Å². The molecule has 0 aliphatic heterocycles. The van der Waals surface area contributed by atoms with Gasteiger partial charge in [-0.1, -0.05) is 12.1 Å². The minimum Gasteiger partial charge on any atom is -0.301 e. The topological polar surface area (TPSA) is 63.9 Å². The number of Topliss-reactive ketones (excluding diaryl/α,β-unsaturated/α-hetero) is 1. The van der Waals surface area contributed by atoms with Gasteiger partial charge in [0.1, 0.15) is 0 Å². The molecule has 37 heavy (non-hydrogen) atoms. The number of halogens is 3. The maximum Gasteiger partial charge on any atom is 0.417 e. The van der Waals surface area contributed by atoms with E-state index in [-0.39, 0.29) is 18.0 Å². The van der Waals surface area contributed by atoms with Gasteiger partial charge in [-0.15, -0.1) is 0 Å². The zero-order valence-electron chi connectivity index (χ0n) is 21.8. The first-order valence-electron chi connectivity index (χ1n) is 12.4. The predicted molar refractivity (Wildman–Crippen MR) is 137 cm³/mol. The highest BCUT2D eigenvalue weighted by Crippen LogP contribution is 2.31. The summed E-state index contributed by atoms with van der Waals surface area (Å²) in [6.45, 7) is 8.14. The second-order valence-corrected chi connectivity index (χ2v) is 9.98. The molecule has 3 aromatic heterocycles. The number of rotatable bonds is 7. The van der Waals surface area contributed by atoms with Gasteiger partial charge in [0.25, 0.3) is 0 Å². The number of alkyl halides is 3. The van der Waals surface area contributed by atoms with Gasteiger partial charge in [0, 0.05) is 30.9 Å². The third-order valence-electron chi connectivity index (χ3n) is 7.18. The Bertz CT molecular complexity index is 1310. The fraction of sp³-hybridized carbons (Fsp3) is 0.429. The highest BCUT2D eigenvalue weighted by Gasteiger charge is 2.31. The lowest BCUT2D eigenvalue weighted by molar-refractivity contribution is -0.137. The van der Waals surface area contributed by atoms with Crippen LogP contribution in [0.3, 0.4) is 0 Å². The lowest BCUT2D eigenvalue weighted by Gasteiger charge is -2.33. The van der Waals surface area contributed by atoms with Crippen LogP contribution in [-0.4, -0.2) is 49.6 Å². The Morgan fingerprint density at radius 1 is 1.16 bits per heavy atom. The Kier molecular flexibility index (Phi) is 7.64. The summed E-state index contributed by atoms with van der Waals surface area (Å²) in [6, 6.07) is 5.25. The first-order valence-corrected chi connectivity index (χ1v) is 12.4. The standard InChI is InChI=1S/C28H32F3N5O/c1-17(2)35(5)23-9-6-21(7-10-23)27-18(3)12-20(14-33-27)13-25(37)24-16-34-36(19(24)4)26-11-8-22(15-32-26)28(29,30)31/h6,8,11-12,14-17,23H,7,9-10,13H2,1-5H3. The third kappa shape index (κ3) is 5.82. The molecule has 3 aromatic rings. The predicted octanol–water partition coefficient (Wildman–Crippen LogP) is 6.00. The maximum atomic E-state index is 13.1. The van der Waals surface area contributed by atoms with Gasteiger partial charge in [0.05, 0.1) is 28.7 Å². The number of hydrogen-bond acceptors (Lipinski definition) is 5. The van der Waals surface area contributed by atoms with Crippen molar-refractivity contribution >= 4 is 11.4 Å². The van der Waals surface area contributed by atoms with Crippen molar-refractivity contribution in [3.8, 4) is 5.82 Å². The SMILES string of the molecule is Cc1cc(CC(=O)c2cnn(-c3ccc(C(F)(F)F)cn3)c2C)cnc1C1=CCC(N(C)C(C)C)CC1. The molecular weight excluding hydrogens is 479 g/mol. The number of carbonyl (C=O) groups is 1. The van der Waals surface area contributed by atoms with Crippen LogP contribution in [0, 0.1) is 13.8 Å². The van der Waals surface area contributed by atoms with Crippen molar-refractivity contribution in [1.29, 1.82) is 0 Å². The van der Waals surface area contributed by atoms with E-state index in [0.717, 1.165) is 48.3 Å². The van der Waals surface area contributed by atoms with Crippen LogP contribution in [0.1, 0.15) is 71.5 Å². The van der Waals surface area contributed by atoms with E-state index in [0.29, 0.717) is 23.3 Å². The molecule has 0 saturated carbocycles. The molecule has 0 saturated heterocycles. The van der Waals surface area contributed by atoms with Crippen LogP contribution >= 0.6 is 0 Å².